The van der Waals surface area contributed by atoms with E-state index in [2.05, 4.69) is 152 Å². The largest absolute Gasteiger partial charge is 0.311 e. The number of aryl methyl sites for hydroxylation is 2. The second-order valence-electron chi connectivity index (χ2n) is 8.92. The average Bonchev–Trinajstić information content (AvgIpc) is 2.91. The Morgan fingerprint density at radius 3 is 1.23 bits per heavy atom. The van der Waals surface area contributed by atoms with Gasteiger partial charge in [-0.1, -0.05) is 114 Å². The lowest BCUT2D eigenvalue weighted by molar-refractivity contribution is 1.27. The minimum absolute atomic E-state index is 1.14. The number of benzene rings is 5. The summed E-state index contributed by atoms with van der Waals surface area (Å²) in [5.74, 6) is 0. The number of rotatable bonds is 6. The van der Waals surface area contributed by atoms with Crippen LogP contribution >= 0.6 is 0 Å². The van der Waals surface area contributed by atoms with Crippen LogP contribution in [0.2, 0.25) is 0 Å². The Morgan fingerprint density at radius 1 is 0.400 bits per heavy atom. The molecule has 0 spiro atoms. The van der Waals surface area contributed by atoms with Crippen molar-refractivity contribution in [3.63, 3.8) is 0 Å². The van der Waals surface area contributed by atoms with E-state index >= 15 is 0 Å². The maximum Gasteiger partial charge on any atom is 0.0462 e. The van der Waals surface area contributed by atoms with Gasteiger partial charge in [0.25, 0.3) is 0 Å². The molecule has 0 saturated carbocycles. The van der Waals surface area contributed by atoms with E-state index in [0.29, 0.717) is 0 Å². The molecule has 0 aromatic heterocycles. The standard InChI is InChI=1S/C34H29N/c1-26-8-20-32(21-9-26)35(33-22-10-27(2)11-23-33)34-24-16-29(17-25-34)13-12-28-14-18-31(19-15-28)30-6-4-3-5-7-30/h3-25H,1-2H3. The molecule has 5 aromatic carbocycles. The van der Waals surface area contributed by atoms with Crippen molar-refractivity contribution in [2.45, 2.75) is 13.8 Å². The van der Waals surface area contributed by atoms with Crippen molar-refractivity contribution in [3.05, 3.63) is 150 Å². The summed E-state index contributed by atoms with van der Waals surface area (Å²) >= 11 is 0. The molecule has 0 atom stereocenters. The molecule has 0 heterocycles. The van der Waals surface area contributed by atoms with Crippen molar-refractivity contribution < 1.29 is 0 Å². The number of hydrogen-bond acceptors (Lipinski definition) is 1. The van der Waals surface area contributed by atoms with Gasteiger partial charge in [-0.2, -0.15) is 0 Å². The summed E-state index contributed by atoms with van der Waals surface area (Å²) in [7, 11) is 0. The molecule has 1 heteroatoms. The van der Waals surface area contributed by atoms with Gasteiger partial charge in [0.1, 0.15) is 0 Å². The van der Waals surface area contributed by atoms with Gasteiger partial charge in [0.15, 0.2) is 0 Å². The van der Waals surface area contributed by atoms with E-state index in [1.54, 1.807) is 0 Å². The zero-order valence-electron chi connectivity index (χ0n) is 20.2. The lowest BCUT2D eigenvalue weighted by Gasteiger charge is -2.25. The smallest absolute Gasteiger partial charge is 0.0462 e. The lowest BCUT2D eigenvalue weighted by Crippen LogP contribution is -2.09. The van der Waals surface area contributed by atoms with Crippen LogP contribution in [-0.2, 0) is 0 Å². The second-order valence-corrected chi connectivity index (χ2v) is 8.92. The van der Waals surface area contributed by atoms with Crippen molar-refractivity contribution >= 4 is 29.2 Å². The van der Waals surface area contributed by atoms with Crippen molar-refractivity contribution in [1.29, 1.82) is 0 Å². The van der Waals surface area contributed by atoms with E-state index in [4.69, 9.17) is 0 Å². The Labute approximate surface area is 208 Å². The molecule has 0 saturated heterocycles. The topological polar surface area (TPSA) is 3.24 Å². The van der Waals surface area contributed by atoms with Gasteiger partial charge < -0.3 is 4.90 Å². The third-order valence-electron chi connectivity index (χ3n) is 6.22. The van der Waals surface area contributed by atoms with Crippen LogP contribution in [0, 0.1) is 13.8 Å². The van der Waals surface area contributed by atoms with Crippen LogP contribution in [0.4, 0.5) is 17.1 Å². The average molecular weight is 452 g/mol. The van der Waals surface area contributed by atoms with Crippen LogP contribution in [0.3, 0.4) is 0 Å². The number of anilines is 3. The van der Waals surface area contributed by atoms with Gasteiger partial charge in [-0.25, -0.2) is 0 Å². The van der Waals surface area contributed by atoms with Crippen molar-refractivity contribution in [3.8, 4) is 11.1 Å². The summed E-state index contributed by atoms with van der Waals surface area (Å²) in [4.78, 5) is 2.30. The Morgan fingerprint density at radius 2 is 0.771 bits per heavy atom. The highest BCUT2D eigenvalue weighted by Gasteiger charge is 2.12. The van der Waals surface area contributed by atoms with Crippen molar-refractivity contribution in [1.82, 2.24) is 0 Å². The predicted octanol–water partition coefficient (Wildman–Crippen LogP) is 9.61. The lowest BCUT2D eigenvalue weighted by atomic mass is 10.0. The van der Waals surface area contributed by atoms with E-state index in [1.165, 1.54) is 33.4 Å². The molecule has 0 aliphatic carbocycles. The highest BCUT2D eigenvalue weighted by molar-refractivity contribution is 5.78. The van der Waals surface area contributed by atoms with E-state index in [9.17, 15) is 0 Å². The van der Waals surface area contributed by atoms with Gasteiger partial charge >= 0.3 is 0 Å². The molecule has 0 unspecified atom stereocenters. The third kappa shape index (κ3) is 5.42. The normalized spacial score (nSPS) is 11.0. The molecule has 0 aliphatic heterocycles. The Bertz CT molecular complexity index is 1350. The van der Waals surface area contributed by atoms with Crippen molar-refractivity contribution in [2.75, 3.05) is 4.90 Å². The minimum atomic E-state index is 1.14. The maximum absolute atomic E-state index is 2.30. The molecular formula is C34H29N. The molecule has 0 radical (unpaired) electrons. The highest BCUT2D eigenvalue weighted by Crippen LogP contribution is 2.35. The Kier molecular flexibility index (Phi) is 6.59. The summed E-state index contributed by atoms with van der Waals surface area (Å²) < 4.78 is 0. The van der Waals surface area contributed by atoms with Crippen LogP contribution in [-0.4, -0.2) is 0 Å². The first-order chi connectivity index (χ1) is 17.2. The summed E-state index contributed by atoms with van der Waals surface area (Å²) in [5.41, 5.74) is 10.8. The zero-order valence-corrected chi connectivity index (χ0v) is 20.2. The van der Waals surface area contributed by atoms with Crippen LogP contribution in [0.25, 0.3) is 23.3 Å². The fraction of sp³-hybridized carbons (Fsp3) is 0.0588. The Hall–Kier alpha value is -4.36. The monoisotopic (exact) mass is 451 g/mol. The molecule has 0 N–H and O–H groups in total. The maximum atomic E-state index is 2.30. The first kappa shape index (κ1) is 22.4. The number of nitrogens with zero attached hydrogens (tertiary/aromatic N) is 1. The SMILES string of the molecule is Cc1ccc(N(c2ccc(C)cc2)c2ccc(C=Cc3ccc(-c4ccccc4)cc3)cc2)cc1. The van der Waals surface area contributed by atoms with E-state index < -0.39 is 0 Å². The number of hydrogen-bond donors (Lipinski definition) is 0. The van der Waals surface area contributed by atoms with Crippen LogP contribution < -0.4 is 4.90 Å². The van der Waals surface area contributed by atoms with Gasteiger partial charge in [-0.3, -0.25) is 0 Å². The van der Waals surface area contributed by atoms with E-state index in [-0.39, 0.29) is 0 Å². The highest BCUT2D eigenvalue weighted by atomic mass is 15.1. The van der Waals surface area contributed by atoms with Crippen LogP contribution in [0.15, 0.2) is 127 Å². The quantitative estimate of drug-likeness (QED) is 0.232. The molecular weight excluding hydrogens is 422 g/mol. The fourth-order valence-electron chi connectivity index (χ4n) is 4.18. The molecule has 5 rings (SSSR count). The van der Waals surface area contributed by atoms with E-state index in [1.807, 2.05) is 6.07 Å². The van der Waals surface area contributed by atoms with Gasteiger partial charge in [0, 0.05) is 17.1 Å². The Balaban J connectivity index is 1.37. The summed E-state index contributed by atoms with van der Waals surface area (Å²) in [6.07, 6.45) is 4.34. The van der Waals surface area contributed by atoms with Gasteiger partial charge in [-0.05, 0) is 72.5 Å². The second kappa shape index (κ2) is 10.3. The first-order valence-electron chi connectivity index (χ1n) is 12.0. The summed E-state index contributed by atoms with van der Waals surface area (Å²) in [5, 5.41) is 0. The molecule has 0 bridgehead atoms. The molecule has 0 aliphatic rings. The molecule has 1 nitrogen and oxygen atoms in total. The molecule has 0 amide bonds. The summed E-state index contributed by atoms with van der Waals surface area (Å²) in [6, 6.07) is 45.3. The van der Waals surface area contributed by atoms with Crippen molar-refractivity contribution in [2.24, 2.45) is 0 Å². The molecule has 0 fully saturated rings. The molecule has 5 aromatic rings. The predicted molar refractivity (Wildman–Crippen MR) is 151 cm³/mol. The van der Waals surface area contributed by atoms with Gasteiger partial charge in [0.2, 0.25) is 0 Å². The third-order valence-corrected chi connectivity index (χ3v) is 6.22. The molecule has 170 valence electrons. The van der Waals surface area contributed by atoms with Crippen LogP contribution in [0.1, 0.15) is 22.3 Å². The minimum Gasteiger partial charge on any atom is -0.311 e. The first-order valence-corrected chi connectivity index (χ1v) is 12.0. The zero-order chi connectivity index (χ0) is 24.0. The van der Waals surface area contributed by atoms with Gasteiger partial charge in [0.05, 0.1) is 0 Å². The van der Waals surface area contributed by atoms with Crippen LogP contribution in [0.5, 0.6) is 0 Å². The molecule has 35 heavy (non-hydrogen) atoms. The fourth-order valence-corrected chi connectivity index (χ4v) is 4.18. The van der Waals surface area contributed by atoms with Gasteiger partial charge in [-0.15, -0.1) is 0 Å². The van der Waals surface area contributed by atoms with E-state index in [0.717, 1.165) is 17.1 Å². The summed E-state index contributed by atoms with van der Waals surface area (Å²) in [6.45, 7) is 4.24.